The van der Waals surface area contributed by atoms with Crippen LogP contribution in [0.5, 0.6) is 0 Å². The van der Waals surface area contributed by atoms with Crippen molar-refractivity contribution in [2.75, 3.05) is 29.9 Å². The molecule has 2 aromatic carbocycles. The lowest BCUT2D eigenvalue weighted by atomic mass is 10.1. The highest BCUT2D eigenvalue weighted by Crippen LogP contribution is 2.27. The van der Waals surface area contributed by atoms with Crippen molar-refractivity contribution >= 4 is 29.1 Å². The summed E-state index contributed by atoms with van der Waals surface area (Å²) in [6.07, 6.45) is 1.98. The van der Waals surface area contributed by atoms with E-state index in [-0.39, 0.29) is 42.6 Å². The Labute approximate surface area is 179 Å². The average molecular weight is 425 g/mol. The maximum absolute atomic E-state index is 13.2. The van der Waals surface area contributed by atoms with Crippen molar-refractivity contribution in [2.45, 2.75) is 25.4 Å². The summed E-state index contributed by atoms with van der Waals surface area (Å²) in [7, 11) is 0. The lowest BCUT2D eigenvalue weighted by Gasteiger charge is -2.17. The van der Waals surface area contributed by atoms with Crippen LogP contribution in [0, 0.1) is 11.7 Å². The molecular formula is C23H24FN3O4. The topological polar surface area (TPSA) is 87.7 Å². The standard InChI is InChI=1S/C23H24FN3O4/c24-16-7-9-17(10-8-16)27-14-15(12-21(27)28)22(29)26-20-6-2-1-5-19(20)23(30)25-13-18-4-3-11-31-18/h1-2,5-10,15,18H,3-4,11-14H2,(H,25,30)(H,26,29)/t15-,18+/m0/s1. The van der Waals surface area contributed by atoms with Crippen LogP contribution in [-0.4, -0.2) is 43.5 Å². The molecule has 0 saturated carbocycles. The lowest BCUT2D eigenvalue weighted by Crippen LogP contribution is -2.33. The van der Waals surface area contributed by atoms with Crippen LogP contribution in [0.2, 0.25) is 0 Å². The van der Waals surface area contributed by atoms with Crippen LogP contribution in [0.3, 0.4) is 0 Å². The summed E-state index contributed by atoms with van der Waals surface area (Å²) in [6.45, 7) is 1.33. The van der Waals surface area contributed by atoms with Gasteiger partial charge in [-0.1, -0.05) is 12.1 Å². The highest BCUT2D eigenvalue weighted by atomic mass is 19.1. The molecule has 0 aromatic heterocycles. The van der Waals surface area contributed by atoms with E-state index in [1.54, 1.807) is 24.3 Å². The average Bonchev–Trinajstić information content (AvgIpc) is 3.43. The van der Waals surface area contributed by atoms with Gasteiger partial charge < -0.3 is 20.3 Å². The van der Waals surface area contributed by atoms with Crippen molar-refractivity contribution in [1.29, 1.82) is 0 Å². The van der Waals surface area contributed by atoms with Gasteiger partial charge in [0.05, 0.1) is 23.3 Å². The fourth-order valence-corrected chi connectivity index (χ4v) is 3.89. The quantitative estimate of drug-likeness (QED) is 0.745. The van der Waals surface area contributed by atoms with E-state index in [0.717, 1.165) is 12.8 Å². The third-order valence-corrected chi connectivity index (χ3v) is 5.58. The van der Waals surface area contributed by atoms with Gasteiger partial charge in [-0.3, -0.25) is 14.4 Å². The largest absolute Gasteiger partial charge is 0.376 e. The number of nitrogens with zero attached hydrogens (tertiary/aromatic N) is 1. The maximum atomic E-state index is 13.2. The zero-order valence-corrected chi connectivity index (χ0v) is 17.0. The zero-order chi connectivity index (χ0) is 21.8. The summed E-state index contributed by atoms with van der Waals surface area (Å²) >= 11 is 0. The van der Waals surface area contributed by atoms with Gasteiger partial charge in [0.1, 0.15) is 5.82 Å². The predicted octanol–water partition coefficient (Wildman–Crippen LogP) is 2.73. The Hall–Kier alpha value is -3.26. The first-order chi connectivity index (χ1) is 15.0. The van der Waals surface area contributed by atoms with Gasteiger partial charge in [-0.25, -0.2) is 4.39 Å². The van der Waals surface area contributed by atoms with Crippen molar-refractivity contribution in [1.82, 2.24) is 5.32 Å². The Morgan fingerprint density at radius 2 is 1.90 bits per heavy atom. The van der Waals surface area contributed by atoms with Crippen LogP contribution in [0.4, 0.5) is 15.8 Å². The molecule has 0 bridgehead atoms. The summed E-state index contributed by atoms with van der Waals surface area (Å²) in [5.41, 5.74) is 1.30. The van der Waals surface area contributed by atoms with E-state index in [2.05, 4.69) is 10.6 Å². The van der Waals surface area contributed by atoms with Gasteiger partial charge in [-0.15, -0.1) is 0 Å². The SMILES string of the molecule is O=C(NC[C@H]1CCCO1)c1ccccc1NC(=O)[C@H]1CC(=O)N(c2ccc(F)cc2)C1. The molecule has 2 aliphatic heterocycles. The Bertz CT molecular complexity index is 973. The molecule has 2 heterocycles. The first-order valence-electron chi connectivity index (χ1n) is 10.4. The number of halogens is 1. The smallest absolute Gasteiger partial charge is 0.253 e. The summed E-state index contributed by atoms with van der Waals surface area (Å²) in [5.74, 6) is -1.78. The van der Waals surface area contributed by atoms with Crippen molar-refractivity contribution in [3.05, 3.63) is 59.9 Å². The van der Waals surface area contributed by atoms with E-state index in [1.165, 1.54) is 29.2 Å². The molecule has 0 spiro atoms. The number of nitrogens with one attached hydrogen (secondary N) is 2. The van der Waals surface area contributed by atoms with Crippen LogP contribution < -0.4 is 15.5 Å². The van der Waals surface area contributed by atoms with Gasteiger partial charge in [0.15, 0.2) is 0 Å². The van der Waals surface area contributed by atoms with E-state index in [1.807, 2.05) is 0 Å². The second-order valence-corrected chi connectivity index (χ2v) is 7.76. The molecular weight excluding hydrogens is 401 g/mol. The number of hydrogen-bond acceptors (Lipinski definition) is 4. The Kier molecular flexibility index (Phi) is 6.27. The number of ether oxygens (including phenoxy) is 1. The highest BCUT2D eigenvalue weighted by Gasteiger charge is 2.35. The number of amides is 3. The third-order valence-electron chi connectivity index (χ3n) is 5.58. The van der Waals surface area contributed by atoms with E-state index < -0.39 is 5.92 Å². The molecule has 0 unspecified atom stereocenters. The van der Waals surface area contributed by atoms with Gasteiger partial charge >= 0.3 is 0 Å². The molecule has 8 heteroatoms. The number of para-hydroxylation sites is 1. The number of rotatable bonds is 6. The van der Waals surface area contributed by atoms with E-state index in [4.69, 9.17) is 4.74 Å². The number of anilines is 2. The van der Waals surface area contributed by atoms with Crippen molar-refractivity contribution < 1.29 is 23.5 Å². The molecule has 2 fully saturated rings. The molecule has 7 nitrogen and oxygen atoms in total. The highest BCUT2D eigenvalue weighted by molar-refractivity contribution is 6.07. The number of hydrogen-bond donors (Lipinski definition) is 2. The molecule has 0 radical (unpaired) electrons. The van der Waals surface area contributed by atoms with E-state index >= 15 is 0 Å². The summed E-state index contributed by atoms with van der Waals surface area (Å²) < 4.78 is 18.7. The van der Waals surface area contributed by atoms with Crippen molar-refractivity contribution in [3.63, 3.8) is 0 Å². The van der Waals surface area contributed by atoms with Crippen molar-refractivity contribution in [2.24, 2.45) is 5.92 Å². The molecule has 2 aliphatic rings. The number of carbonyl (C=O) groups is 3. The predicted molar refractivity (Wildman–Crippen MR) is 113 cm³/mol. The molecule has 162 valence electrons. The molecule has 31 heavy (non-hydrogen) atoms. The fourth-order valence-electron chi connectivity index (χ4n) is 3.89. The fraction of sp³-hybridized carbons (Fsp3) is 0.348. The van der Waals surface area contributed by atoms with Crippen LogP contribution in [0.1, 0.15) is 29.6 Å². The Morgan fingerprint density at radius 1 is 1.13 bits per heavy atom. The first-order valence-corrected chi connectivity index (χ1v) is 10.4. The molecule has 2 saturated heterocycles. The van der Waals surface area contributed by atoms with E-state index in [0.29, 0.717) is 30.1 Å². The molecule has 3 amide bonds. The molecule has 2 atom stereocenters. The molecule has 0 aliphatic carbocycles. The van der Waals surface area contributed by atoms with Gasteiger partial charge in [0, 0.05) is 31.8 Å². The molecule has 2 N–H and O–H groups in total. The van der Waals surface area contributed by atoms with Gasteiger partial charge in [0.25, 0.3) is 5.91 Å². The first kappa shape index (κ1) is 21.0. The Balaban J connectivity index is 1.40. The normalized spacial score (nSPS) is 20.7. The van der Waals surface area contributed by atoms with Gasteiger partial charge in [0.2, 0.25) is 11.8 Å². The molecule has 2 aromatic rings. The maximum Gasteiger partial charge on any atom is 0.253 e. The minimum atomic E-state index is -0.569. The van der Waals surface area contributed by atoms with Crippen LogP contribution in [0.15, 0.2) is 48.5 Å². The van der Waals surface area contributed by atoms with Gasteiger partial charge in [-0.2, -0.15) is 0 Å². The zero-order valence-electron chi connectivity index (χ0n) is 17.0. The van der Waals surface area contributed by atoms with Crippen LogP contribution >= 0.6 is 0 Å². The second kappa shape index (κ2) is 9.26. The van der Waals surface area contributed by atoms with Crippen LogP contribution in [-0.2, 0) is 14.3 Å². The minimum absolute atomic E-state index is 0.0210. The number of benzene rings is 2. The van der Waals surface area contributed by atoms with Gasteiger partial charge in [-0.05, 0) is 49.2 Å². The Morgan fingerprint density at radius 3 is 2.65 bits per heavy atom. The van der Waals surface area contributed by atoms with E-state index in [9.17, 15) is 18.8 Å². The number of carbonyl (C=O) groups excluding carboxylic acids is 3. The molecule has 4 rings (SSSR count). The summed E-state index contributed by atoms with van der Waals surface area (Å²) in [4.78, 5) is 39.3. The monoisotopic (exact) mass is 425 g/mol. The summed E-state index contributed by atoms with van der Waals surface area (Å²) in [6, 6.07) is 12.4. The second-order valence-electron chi connectivity index (χ2n) is 7.76. The lowest BCUT2D eigenvalue weighted by molar-refractivity contribution is -0.122. The third kappa shape index (κ3) is 4.91. The van der Waals surface area contributed by atoms with Crippen LogP contribution in [0.25, 0.3) is 0 Å². The summed E-state index contributed by atoms with van der Waals surface area (Å²) in [5, 5.41) is 5.65. The van der Waals surface area contributed by atoms with Crippen molar-refractivity contribution in [3.8, 4) is 0 Å². The minimum Gasteiger partial charge on any atom is -0.376 e.